The lowest BCUT2D eigenvalue weighted by Gasteiger charge is -2.09. The summed E-state index contributed by atoms with van der Waals surface area (Å²) in [6.07, 6.45) is -0.357. The van der Waals surface area contributed by atoms with Gasteiger partial charge in [0.1, 0.15) is 5.69 Å². The van der Waals surface area contributed by atoms with E-state index in [-0.39, 0.29) is 17.0 Å². The maximum Gasteiger partial charge on any atom is 0.416 e. The van der Waals surface area contributed by atoms with Gasteiger partial charge in [0.05, 0.1) is 5.56 Å². The van der Waals surface area contributed by atoms with Crippen LogP contribution >= 0.6 is 0 Å². The Morgan fingerprint density at radius 2 is 1.86 bits per heavy atom. The van der Waals surface area contributed by atoms with Gasteiger partial charge < -0.3 is 5.11 Å². The number of alkyl halides is 3. The Morgan fingerprint density at radius 3 is 2.41 bits per heavy atom. The minimum Gasteiger partial charge on any atom is -0.476 e. The molecule has 1 N–H and O–H groups in total. The van der Waals surface area contributed by atoms with E-state index >= 15 is 0 Å². The molecule has 7 heteroatoms. The molecule has 0 atom stereocenters. The first-order valence-electron chi connectivity index (χ1n) is 6.10. The fraction of sp³-hybridized carbons (Fsp3) is 0.133. The maximum absolute atomic E-state index is 12.6. The number of aromatic nitrogens is 2. The summed E-state index contributed by atoms with van der Waals surface area (Å²) in [5, 5.41) is 8.93. The third-order valence-corrected chi connectivity index (χ3v) is 2.36. The normalized spacial score (nSPS) is 10.4. The molecule has 116 valence electrons. The number of hydrogen-bond donors (Lipinski definition) is 1. The van der Waals surface area contributed by atoms with Crippen molar-refractivity contribution in [3.8, 4) is 11.3 Å². The fourth-order valence-electron chi connectivity index (χ4n) is 1.55. The largest absolute Gasteiger partial charge is 0.476 e. The van der Waals surface area contributed by atoms with Crippen LogP contribution in [-0.2, 0) is 6.18 Å². The zero-order chi connectivity index (χ0) is 16.8. The minimum atomic E-state index is -4.50. The molecule has 0 bridgehead atoms. The molecule has 0 aliphatic heterocycles. The summed E-state index contributed by atoms with van der Waals surface area (Å²) < 4.78 is 37.8. The summed E-state index contributed by atoms with van der Waals surface area (Å²) in [5.74, 6) is -1.35. The third-order valence-electron chi connectivity index (χ3n) is 2.36. The summed E-state index contributed by atoms with van der Waals surface area (Å²) in [6.45, 7) is 5.25. The molecule has 0 saturated carbocycles. The highest BCUT2D eigenvalue weighted by atomic mass is 19.4. The molecular weight excluding hydrogens is 297 g/mol. The van der Waals surface area contributed by atoms with E-state index in [9.17, 15) is 18.0 Å². The summed E-state index contributed by atoms with van der Waals surface area (Å²) in [4.78, 5) is 18.3. The number of carbonyl (C=O) groups is 1. The van der Waals surface area contributed by atoms with Crippen molar-refractivity contribution in [2.75, 3.05) is 0 Å². The van der Waals surface area contributed by atoms with Gasteiger partial charge >= 0.3 is 12.1 Å². The molecule has 0 fully saturated rings. The Morgan fingerprint density at radius 1 is 1.27 bits per heavy atom. The van der Waals surface area contributed by atoms with Crippen LogP contribution in [-0.4, -0.2) is 21.0 Å². The zero-order valence-electron chi connectivity index (χ0n) is 11.6. The van der Waals surface area contributed by atoms with Crippen LogP contribution in [0.4, 0.5) is 13.2 Å². The minimum absolute atomic E-state index is 0.0559. The molecule has 1 aromatic carbocycles. The lowest BCUT2D eigenvalue weighted by molar-refractivity contribution is -0.137. The molecule has 1 heterocycles. The standard InChI is InChI=1S/C12H7F3N2O2.C3H6/c13-12(14,15)8-3-1-2-7(6-8)9-10(11(18)19)17-5-4-16-9;1-3-2/h1-6H,(H,18,19);3H,1H2,2H3. The highest BCUT2D eigenvalue weighted by Gasteiger charge is 2.30. The van der Waals surface area contributed by atoms with E-state index < -0.39 is 17.7 Å². The van der Waals surface area contributed by atoms with Gasteiger partial charge in [-0.05, 0) is 19.1 Å². The molecule has 2 rings (SSSR count). The molecule has 0 radical (unpaired) electrons. The summed E-state index contributed by atoms with van der Waals surface area (Å²) >= 11 is 0. The average molecular weight is 310 g/mol. The number of aromatic carboxylic acids is 1. The first kappa shape index (κ1) is 17.4. The Balaban J connectivity index is 0.000000745. The zero-order valence-corrected chi connectivity index (χ0v) is 11.6. The molecule has 0 spiro atoms. The van der Waals surface area contributed by atoms with Gasteiger partial charge in [0.15, 0.2) is 5.69 Å². The SMILES string of the molecule is C=CC.O=C(O)c1nccnc1-c1cccc(C(F)(F)F)c1. The Kier molecular flexibility index (Phi) is 5.80. The summed E-state index contributed by atoms with van der Waals surface area (Å²) in [6, 6.07) is 4.29. The van der Waals surface area contributed by atoms with Crippen LogP contribution in [0.3, 0.4) is 0 Å². The maximum atomic E-state index is 12.6. The van der Waals surface area contributed by atoms with E-state index in [1.807, 2.05) is 6.92 Å². The predicted octanol–water partition coefficient (Wildman–Crippen LogP) is 4.05. The molecule has 0 amide bonds. The molecule has 22 heavy (non-hydrogen) atoms. The van der Waals surface area contributed by atoms with E-state index in [0.717, 1.165) is 12.1 Å². The van der Waals surface area contributed by atoms with Crippen molar-refractivity contribution in [1.29, 1.82) is 0 Å². The molecular formula is C15H13F3N2O2. The van der Waals surface area contributed by atoms with Gasteiger partial charge in [0.2, 0.25) is 0 Å². The van der Waals surface area contributed by atoms with Crippen LogP contribution in [0, 0.1) is 0 Å². The second-order valence-corrected chi connectivity index (χ2v) is 4.05. The number of nitrogens with zero attached hydrogens (tertiary/aromatic N) is 2. The topological polar surface area (TPSA) is 63.1 Å². The lowest BCUT2D eigenvalue weighted by atomic mass is 10.1. The van der Waals surface area contributed by atoms with Crippen molar-refractivity contribution in [2.45, 2.75) is 13.1 Å². The number of hydrogen-bond acceptors (Lipinski definition) is 3. The quantitative estimate of drug-likeness (QED) is 0.850. The Labute approximate surface area is 125 Å². The predicted molar refractivity (Wildman–Crippen MR) is 75.3 cm³/mol. The number of carboxylic acids is 1. The molecule has 4 nitrogen and oxygen atoms in total. The van der Waals surface area contributed by atoms with Crippen molar-refractivity contribution in [2.24, 2.45) is 0 Å². The molecule has 0 aliphatic rings. The van der Waals surface area contributed by atoms with Crippen LogP contribution in [0.2, 0.25) is 0 Å². The lowest BCUT2D eigenvalue weighted by Crippen LogP contribution is -2.07. The van der Waals surface area contributed by atoms with Gasteiger partial charge in [-0.25, -0.2) is 9.78 Å². The molecule has 2 aromatic rings. The highest BCUT2D eigenvalue weighted by molar-refractivity contribution is 5.92. The van der Waals surface area contributed by atoms with Gasteiger partial charge in [0, 0.05) is 18.0 Å². The van der Waals surface area contributed by atoms with E-state index in [1.165, 1.54) is 24.5 Å². The Hall–Kier alpha value is -2.70. The average Bonchev–Trinajstić information content (AvgIpc) is 2.47. The van der Waals surface area contributed by atoms with Crippen molar-refractivity contribution >= 4 is 5.97 Å². The van der Waals surface area contributed by atoms with Gasteiger partial charge in [0.25, 0.3) is 0 Å². The van der Waals surface area contributed by atoms with Crippen LogP contribution < -0.4 is 0 Å². The van der Waals surface area contributed by atoms with Crippen LogP contribution in [0.5, 0.6) is 0 Å². The molecule has 0 unspecified atom stereocenters. The summed E-state index contributed by atoms with van der Waals surface area (Å²) in [7, 11) is 0. The molecule has 0 aliphatic carbocycles. The smallest absolute Gasteiger partial charge is 0.416 e. The Bertz CT molecular complexity index is 670. The first-order chi connectivity index (χ1) is 10.3. The number of benzene rings is 1. The molecule has 0 saturated heterocycles. The molecule has 1 aromatic heterocycles. The second-order valence-electron chi connectivity index (χ2n) is 4.05. The van der Waals surface area contributed by atoms with E-state index in [4.69, 9.17) is 5.11 Å². The number of rotatable bonds is 2. The van der Waals surface area contributed by atoms with Gasteiger partial charge in [-0.15, -0.1) is 6.58 Å². The van der Waals surface area contributed by atoms with Crippen molar-refractivity contribution in [1.82, 2.24) is 9.97 Å². The number of halogens is 3. The van der Waals surface area contributed by atoms with E-state index in [2.05, 4.69) is 16.5 Å². The number of carboxylic acid groups (broad SMARTS) is 1. The van der Waals surface area contributed by atoms with E-state index in [1.54, 1.807) is 6.08 Å². The van der Waals surface area contributed by atoms with Crippen LogP contribution in [0.25, 0.3) is 11.3 Å². The van der Waals surface area contributed by atoms with Gasteiger partial charge in [-0.2, -0.15) is 13.2 Å². The third kappa shape index (κ3) is 4.41. The van der Waals surface area contributed by atoms with Crippen molar-refractivity contribution in [3.63, 3.8) is 0 Å². The van der Waals surface area contributed by atoms with Gasteiger partial charge in [-0.3, -0.25) is 4.98 Å². The fourth-order valence-corrected chi connectivity index (χ4v) is 1.55. The summed E-state index contributed by atoms with van der Waals surface area (Å²) in [5.41, 5.74) is -1.30. The monoisotopic (exact) mass is 310 g/mol. The second kappa shape index (κ2) is 7.35. The highest BCUT2D eigenvalue weighted by Crippen LogP contribution is 2.32. The van der Waals surface area contributed by atoms with Crippen LogP contribution in [0.15, 0.2) is 49.3 Å². The first-order valence-corrected chi connectivity index (χ1v) is 6.10. The number of allylic oxidation sites excluding steroid dienone is 1. The van der Waals surface area contributed by atoms with Crippen LogP contribution in [0.1, 0.15) is 23.0 Å². The van der Waals surface area contributed by atoms with Gasteiger partial charge in [-0.1, -0.05) is 18.2 Å². The van der Waals surface area contributed by atoms with Crippen molar-refractivity contribution in [3.05, 3.63) is 60.6 Å². The van der Waals surface area contributed by atoms with Crippen molar-refractivity contribution < 1.29 is 23.1 Å². The van der Waals surface area contributed by atoms with E-state index in [0.29, 0.717) is 0 Å².